The molecule has 1 aliphatic carbocycles. The van der Waals surface area contributed by atoms with E-state index >= 15 is 0 Å². The summed E-state index contributed by atoms with van der Waals surface area (Å²) >= 11 is 3.03. The highest BCUT2D eigenvalue weighted by molar-refractivity contribution is 9.10. The van der Waals surface area contributed by atoms with Gasteiger partial charge in [0.1, 0.15) is 6.04 Å². The summed E-state index contributed by atoms with van der Waals surface area (Å²) in [5, 5.41) is 6.45. The highest BCUT2D eigenvalue weighted by Gasteiger charge is 2.43. The summed E-state index contributed by atoms with van der Waals surface area (Å²) in [6.45, 7) is 2.62. The van der Waals surface area contributed by atoms with Crippen LogP contribution in [0.5, 0.6) is 0 Å². The van der Waals surface area contributed by atoms with Crippen molar-refractivity contribution in [3.8, 4) is 0 Å². The van der Waals surface area contributed by atoms with Crippen LogP contribution in [0.1, 0.15) is 56.0 Å². The summed E-state index contributed by atoms with van der Waals surface area (Å²) in [6.07, 6.45) is -1.10. The first-order valence-electron chi connectivity index (χ1n) is 8.03. The van der Waals surface area contributed by atoms with Crippen LogP contribution < -0.4 is 5.32 Å². The summed E-state index contributed by atoms with van der Waals surface area (Å²) in [6, 6.07) is -0.811. The molecule has 5 nitrogen and oxygen atoms in total. The van der Waals surface area contributed by atoms with Gasteiger partial charge in [-0.1, -0.05) is 0 Å². The molecule has 24 heavy (non-hydrogen) atoms. The van der Waals surface area contributed by atoms with Gasteiger partial charge in [-0.25, -0.2) is 0 Å². The van der Waals surface area contributed by atoms with E-state index < -0.39 is 17.9 Å². The molecule has 2 atom stereocenters. The Hall–Kier alpha value is -1.09. The van der Waals surface area contributed by atoms with Gasteiger partial charge in [-0.3, -0.25) is 9.48 Å². The normalized spacial score (nSPS) is 22.6. The fourth-order valence-electron chi connectivity index (χ4n) is 2.91. The van der Waals surface area contributed by atoms with Crippen LogP contribution in [0.2, 0.25) is 0 Å². The van der Waals surface area contributed by atoms with E-state index in [1.807, 2.05) is 0 Å². The number of halogens is 4. The Kier molecular flexibility index (Phi) is 4.92. The standard InChI is InChI=1S/C15H19BrF3N3O2/c1-8(14(23)20-7-10-3-2-6-24-10)22-12(9-4-5-9)11(16)13(21-22)15(17,18)19/h8-10H,2-7H2,1H3,(H,20,23). The zero-order chi connectivity index (χ0) is 17.5. The predicted molar refractivity (Wildman–Crippen MR) is 83.6 cm³/mol. The molecule has 0 spiro atoms. The maximum absolute atomic E-state index is 13.1. The van der Waals surface area contributed by atoms with Gasteiger partial charge >= 0.3 is 6.18 Å². The van der Waals surface area contributed by atoms with E-state index in [2.05, 4.69) is 26.3 Å². The van der Waals surface area contributed by atoms with Crippen LogP contribution in [0.25, 0.3) is 0 Å². The Balaban J connectivity index is 1.78. The minimum absolute atomic E-state index is 0.0147. The number of carbonyl (C=O) groups is 1. The van der Waals surface area contributed by atoms with Crippen molar-refractivity contribution >= 4 is 21.8 Å². The van der Waals surface area contributed by atoms with Crippen LogP contribution in [0.4, 0.5) is 13.2 Å². The Labute approximate surface area is 146 Å². The molecule has 0 bridgehead atoms. The quantitative estimate of drug-likeness (QED) is 0.810. The average Bonchev–Trinajstić information content (AvgIpc) is 3.08. The van der Waals surface area contributed by atoms with Crippen molar-refractivity contribution in [3.63, 3.8) is 0 Å². The third-order valence-corrected chi connectivity index (χ3v) is 5.18. The van der Waals surface area contributed by atoms with Crippen molar-refractivity contribution in [3.05, 3.63) is 15.9 Å². The summed E-state index contributed by atoms with van der Waals surface area (Å²) < 4.78 is 46.0. The molecule has 3 rings (SSSR count). The van der Waals surface area contributed by atoms with Gasteiger partial charge in [-0.05, 0) is 48.5 Å². The van der Waals surface area contributed by atoms with Crippen molar-refractivity contribution in [2.75, 3.05) is 13.2 Å². The van der Waals surface area contributed by atoms with E-state index in [-0.39, 0.29) is 22.4 Å². The maximum Gasteiger partial charge on any atom is 0.436 e. The maximum atomic E-state index is 13.1. The molecule has 2 fully saturated rings. The molecule has 0 aromatic carbocycles. The summed E-state index contributed by atoms with van der Waals surface area (Å²) in [4.78, 5) is 12.3. The van der Waals surface area contributed by atoms with Crippen LogP contribution in [-0.2, 0) is 15.7 Å². The van der Waals surface area contributed by atoms with E-state index in [1.54, 1.807) is 6.92 Å². The molecule has 2 unspecified atom stereocenters. The second-order valence-corrected chi connectivity index (χ2v) is 7.11. The first kappa shape index (κ1) is 17.7. The van der Waals surface area contributed by atoms with Crippen molar-refractivity contribution in [2.24, 2.45) is 0 Å². The molecule has 1 aromatic rings. The number of hydrogen-bond donors (Lipinski definition) is 1. The second-order valence-electron chi connectivity index (χ2n) is 6.32. The van der Waals surface area contributed by atoms with E-state index in [4.69, 9.17) is 4.74 Å². The Morgan fingerprint density at radius 1 is 1.46 bits per heavy atom. The van der Waals surface area contributed by atoms with Gasteiger partial charge in [0.15, 0.2) is 5.69 Å². The Morgan fingerprint density at radius 2 is 2.17 bits per heavy atom. The molecule has 9 heteroatoms. The van der Waals surface area contributed by atoms with Gasteiger partial charge in [0.25, 0.3) is 0 Å². The van der Waals surface area contributed by atoms with Gasteiger partial charge in [0, 0.05) is 19.1 Å². The summed E-state index contributed by atoms with van der Waals surface area (Å²) in [5.41, 5.74) is -0.509. The van der Waals surface area contributed by atoms with Crippen molar-refractivity contribution in [1.29, 1.82) is 0 Å². The second kappa shape index (κ2) is 6.67. The molecular formula is C15H19BrF3N3O2. The van der Waals surface area contributed by atoms with E-state index in [0.717, 1.165) is 25.7 Å². The smallest absolute Gasteiger partial charge is 0.376 e. The predicted octanol–water partition coefficient (Wildman–Crippen LogP) is 3.40. The largest absolute Gasteiger partial charge is 0.436 e. The zero-order valence-electron chi connectivity index (χ0n) is 13.2. The first-order valence-corrected chi connectivity index (χ1v) is 8.82. The fourth-order valence-corrected chi connectivity index (χ4v) is 3.71. The number of rotatable bonds is 5. The topological polar surface area (TPSA) is 56.1 Å². The minimum Gasteiger partial charge on any atom is -0.376 e. The average molecular weight is 410 g/mol. The molecule has 1 aromatic heterocycles. The highest BCUT2D eigenvalue weighted by Crippen LogP contribution is 2.47. The molecule has 2 heterocycles. The monoisotopic (exact) mass is 409 g/mol. The molecule has 1 saturated carbocycles. The van der Waals surface area contributed by atoms with Gasteiger partial charge in [0.05, 0.1) is 16.3 Å². The van der Waals surface area contributed by atoms with Crippen LogP contribution >= 0.6 is 15.9 Å². The number of aromatic nitrogens is 2. The van der Waals surface area contributed by atoms with Crippen LogP contribution in [-0.4, -0.2) is 34.9 Å². The molecule has 1 N–H and O–H groups in total. The van der Waals surface area contributed by atoms with Gasteiger partial charge < -0.3 is 10.1 Å². The number of alkyl halides is 3. The number of carbonyl (C=O) groups excluding carboxylic acids is 1. The molecule has 1 amide bonds. The van der Waals surface area contributed by atoms with Crippen LogP contribution in [0.3, 0.4) is 0 Å². The minimum atomic E-state index is -4.55. The Bertz CT molecular complexity index is 622. The summed E-state index contributed by atoms with van der Waals surface area (Å²) in [5.74, 6) is -0.326. The van der Waals surface area contributed by atoms with E-state index in [9.17, 15) is 18.0 Å². The Morgan fingerprint density at radius 3 is 2.71 bits per heavy atom. The lowest BCUT2D eigenvalue weighted by Gasteiger charge is -2.17. The highest BCUT2D eigenvalue weighted by atomic mass is 79.9. The fraction of sp³-hybridized carbons (Fsp3) is 0.733. The SMILES string of the molecule is CC(C(=O)NCC1CCCO1)n1nc(C(F)(F)F)c(Br)c1C1CC1. The van der Waals surface area contributed by atoms with E-state index in [0.29, 0.717) is 18.8 Å². The molecule has 0 radical (unpaired) electrons. The molecular weight excluding hydrogens is 391 g/mol. The number of nitrogens with one attached hydrogen (secondary N) is 1. The van der Waals surface area contributed by atoms with Crippen molar-refractivity contribution in [2.45, 2.75) is 56.8 Å². The van der Waals surface area contributed by atoms with Crippen LogP contribution in [0.15, 0.2) is 4.47 Å². The third kappa shape index (κ3) is 3.61. The van der Waals surface area contributed by atoms with Gasteiger partial charge in [-0.15, -0.1) is 0 Å². The molecule has 134 valence electrons. The number of hydrogen-bond acceptors (Lipinski definition) is 3. The van der Waals surface area contributed by atoms with Gasteiger partial charge in [0.2, 0.25) is 5.91 Å². The van der Waals surface area contributed by atoms with E-state index in [1.165, 1.54) is 4.68 Å². The molecule has 2 aliphatic rings. The first-order chi connectivity index (χ1) is 11.3. The number of ether oxygens (including phenoxy) is 1. The van der Waals surface area contributed by atoms with Crippen molar-refractivity contribution < 1.29 is 22.7 Å². The lowest BCUT2D eigenvalue weighted by atomic mass is 10.2. The van der Waals surface area contributed by atoms with Crippen molar-refractivity contribution in [1.82, 2.24) is 15.1 Å². The molecule has 1 aliphatic heterocycles. The lowest BCUT2D eigenvalue weighted by molar-refractivity contribution is -0.142. The number of nitrogens with zero attached hydrogens (tertiary/aromatic N) is 2. The zero-order valence-corrected chi connectivity index (χ0v) is 14.8. The van der Waals surface area contributed by atoms with Gasteiger partial charge in [-0.2, -0.15) is 18.3 Å². The third-order valence-electron chi connectivity index (χ3n) is 4.39. The lowest BCUT2D eigenvalue weighted by Crippen LogP contribution is -2.37. The van der Waals surface area contributed by atoms with Crippen LogP contribution in [0, 0.1) is 0 Å². The molecule has 1 saturated heterocycles. The number of amides is 1. The summed E-state index contributed by atoms with van der Waals surface area (Å²) in [7, 11) is 0.